The van der Waals surface area contributed by atoms with Crippen LogP contribution in [-0.4, -0.2) is 33.0 Å². The Morgan fingerprint density at radius 3 is 2.71 bits per heavy atom. The van der Waals surface area contributed by atoms with Crippen molar-refractivity contribution in [3.8, 4) is 0 Å². The van der Waals surface area contributed by atoms with E-state index in [2.05, 4.69) is 10.0 Å². The van der Waals surface area contributed by atoms with Gasteiger partial charge < -0.3 is 5.32 Å². The van der Waals surface area contributed by atoms with Gasteiger partial charge in [0.05, 0.1) is 4.90 Å². The van der Waals surface area contributed by atoms with Gasteiger partial charge >= 0.3 is 0 Å². The zero-order chi connectivity index (χ0) is 15.9. The number of halogens is 1. The summed E-state index contributed by atoms with van der Waals surface area (Å²) >= 11 is 1.67. The molecule has 120 valence electrons. The topological polar surface area (TPSA) is 58.2 Å². The van der Waals surface area contributed by atoms with Gasteiger partial charge in [0.1, 0.15) is 5.82 Å². The Bertz CT molecular complexity index is 550. The molecule has 0 saturated heterocycles. The zero-order valence-electron chi connectivity index (χ0n) is 12.6. The maximum atomic E-state index is 13.7. The van der Waals surface area contributed by atoms with E-state index in [-0.39, 0.29) is 10.9 Å². The van der Waals surface area contributed by atoms with Crippen LogP contribution in [0.4, 0.5) is 4.39 Å². The van der Waals surface area contributed by atoms with Gasteiger partial charge in [0.15, 0.2) is 0 Å². The monoisotopic (exact) mass is 334 g/mol. The van der Waals surface area contributed by atoms with E-state index in [1.54, 1.807) is 11.8 Å². The summed E-state index contributed by atoms with van der Waals surface area (Å²) in [5.74, 6) is 0.490. The smallest absolute Gasteiger partial charge is 0.240 e. The number of rotatable bonds is 9. The lowest BCUT2D eigenvalue weighted by Gasteiger charge is -2.14. The second-order valence-corrected chi connectivity index (χ2v) is 7.54. The molecule has 2 N–H and O–H groups in total. The molecule has 1 aromatic rings. The van der Waals surface area contributed by atoms with Gasteiger partial charge in [0, 0.05) is 18.2 Å². The summed E-state index contributed by atoms with van der Waals surface area (Å²) in [6, 6.07) is 3.74. The third-order valence-electron chi connectivity index (χ3n) is 3.00. The third kappa shape index (κ3) is 5.94. The normalized spacial score (nSPS) is 13.3. The quantitative estimate of drug-likeness (QED) is 0.728. The molecular weight excluding hydrogens is 311 g/mol. The first-order valence-electron chi connectivity index (χ1n) is 6.91. The first kappa shape index (κ1) is 18.4. The van der Waals surface area contributed by atoms with Crippen molar-refractivity contribution in [3.05, 3.63) is 29.6 Å². The molecule has 0 aromatic heterocycles. The molecule has 0 fully saturated rings. The fourth-order valence-electron chi connectivity index (χ4n) is 1.80. The molecule has 7 heteroatoms. The highest BCUT2D eigenvalue weighted by Crippen LogP contribution is 2.16. The second-order valence-electron chi connectivity index (χ2n) is 4.84. The third-order valence-corrected chi connectivity index (χ3v) is 5.24. The highest BCUT2D eigenvalue weighted by molar-refractivity contribution is 7.98. The minimum absolute atomic E-state index is 0.104. The lowest BCUT2D eigenvalue weighted by Crippen LogP contribution is -2.33. The predicted molar refractivity (Wildman–Crippen MR) is 86.6 cm³/mol. The lowest BCUT2D eigenvalue weighted by atomic mass is 10.2. The highest BCUT2D eigenvalue weighted by atomic mass is 32.2. The number of hydrogen-bond acceptors (Lipinski definition) is 4. The van der Waals surface area contributed by atoms with Crippen LogP contribution in [0.1, 0.15) is 25.8 Å². The largest absolute Gasteiger partial charge is 0.313 e. The molecule has 0 radical (unpaired) electrons. The van der Waals surface area contributed by atoms with E-state index in [1.807, 2.05) is 20.1 Å². The van der Waals surface area contributed by atoms with Gasteiger partial charge in [0.2, 0.25) is 10.0 Å². The number of benzene rings is 1. The Labute approximate surface area is 131 Å². The van der Waals surface area contributed by atoms with Crippen LogP contribution in [-0.2, 0) is 16.6 Å². The maximum absolute atomic E-state index is 13.7. The van der Waals surface area contributed by atoms with E-state index in [0.717, 1.165) is 12.2 Å². The van der Waals surface area contributed by atoms with Crippen LogP contribution in [0.15, 0.2) is 23.1 Å². The summed E-state index contributed by atoms with van der Waals surface area (Å²) in [6.45, 7) is 4.75. The standard InChI is InChI=1S/C14H23FN2O2S2/c1-4-16-10-12-9-13(5-6-14(12)15)21(18,19)17-11(2)7-8-20-3/h5-6,9,11,16-17H,4,7-8,10H2,1-3H3. The van der Waals surface area contributed by atoms with Gasteiger partial charge in [-0.1, -0.05) is 6.92 Å². The van der Waals surface area contributed by atoms with Crippen molar-refractivity contribution in [2.24, 2.45) is 0 Å². The van der Waals surface area contributed by atoms with E-state index in [9.17, 15) is 12.8 Å². The molecule has 0 spiro atoms. The SMILES string of the molecule is CCNCc1cc(S(=O)(=O)NC(C)CCSC)ccc1F. The Hall–Kier alpha value is -0.630. The van der Waals surface area contributed by atoms with Gasteiger partial charge in [-0.05, 0) is 50.1 Å². The van der Waals surface area contributed by atoms with Crippen molar-refractivity contribution in [1.82, 2.24) is 10.0 Å². The molecule has 0 aliphatic heterocycles. The molecule has 0 amide bonds. The first-order chi connectivity index (χ1) is 9.90. The van der Waals surface area contributed by atoms with Crippen molar-refractivity contribution < 1.29 is 12.8 Å². The Balaban J connectivity index is 2.87. The number of sulfonamides is 1. The van der Waals surface area contributed by atoms with Gasteiger partial charge in [-0.25, -0.2) is 17.5 Å². The van der Waals surface area contributed by atoms with Crippen molar-refractivity contribution in [2.45, 2.75) is 37.8 Å². The van der Waals surface area contributed by atoms with Crippen LogP contribution in [0.3, 0.4) is 0 Å². The fourth-order valence-corrected chi connectivity index (χ4v) is 3.72. The molecular formula is C14H23FN2O2S2. The summed E-state index contributed by atoms with van der Waals surface area (Å²) in [6.07, 6.45) is 2.74. The molecule has 0 heterocycles. The molecule has 0 aliphatic carbocycles. The van der Waals surface area contributed by atoms with Crippen LogP contribution in [0.25, 0.3) is 0 Å². The average Bonchev–Trinajstić information content (AvgIpc) is 2.43. The summed E-state index contributed by atoms with van der Waals surface area (Å²) in [5, 5.41) is 2.99. The molecule has 0 saturated carbocycles. The Kier molecular flexibility index (Phi) is 7.65. The van der Waals surface area contributed by atoms with E-state index in [0.29, 0.717) is 18.7 Å². The summed E-state index contributed by atoms with van der Waals surface area (Å²) in [4.78, 5) is 0.104. The number of thioether (sulfide) groups is 1. The van der Waals surface area contributed by atoms with Crippen molar-refractivity contribution in [3.63, 3.8) is 0 Å². The van der Waals surface area contributed by atoms with Crippen LogP contribution in [0.2, 0.25) is 0 Å². The maximum Gasteiger partial charge on any atom is 0.240 e. The van der Waals surface area contributed by atoms with Gasteiger partial charge in [-0.3, -0.25) is 0 Å². The Morgan fingerprint density at radius 1 is 1.38 bits per heavy atom. The number of nitrogens with one attached hydrogen (secondary N) is 2. The average molecular weight is 334 g/mol. The molecule has 21 heavy (non-hydrogen) atoms. The first-order valence-corrected chi connectivity index (χ1v) is 9.78. The molecule has 1 rings (SSSR count). The van der Waals surface area contributed by atoms with Crippen LogP contribution < -0.4 is 10.0 Å². The lowest BCUT2D eigenvalue weighted by molar-refractivity contribution is 0.555. The van der Waals surface area contributed by atoms with Crippen LogP contribution in [0.5, 0.6) is 0 Å². The highest BCUT2D eigenvalue weighted by Gasteiger charge is 2.18. The second kappa shape index (κ2) is 8.73. The predicted octanol–water partition coefficient (Wildman–Crippen LogP) is 2.36. The van der Waals surface area contributed by atoms with Crippen LogP contribution in [0, 0.1) is 5.82 Å². The Morgan fingerprint density at radius 2 is 2.10 bits per heavy atom. The summed E-state index contributed by atoms with van der Waals surface area (Å²) < 4.78 is 40.8. The number of hydrogen-bond donors (Lipinski definition) is 2. The van der Waals surface area contributed by atoms with E-state index >= 15 is 0 Å². The molecule has 0 aliphatic rings. The molecule has 4 nitrogen and oxygen atoms in total. The molecule has 1 aromatic carbocycles. The van der Waals surface area contributed by atoms with Crippen molar-refractivity contribution >= 4 is 21.8 Å². The molecule has 1 unspecified atom stereocenters. The van der Waals surface area contributed by atoms with Crippen molar-refractivity contribution in [1.29, 1.82) is 0 Å². The molecule has 1 atom stereocenters. The van der Waals surface area contributed by atoms with Crippen LogP contribution >= 0.6 is 11.8 Å². The molecule has 0 bridgehead atoms. The summed E-state index contributed by atoms with van der Waals surface area (Å²) in [5.41, 5.74) is 0.358. The van der Waals surface area contributed by atoms with Gasteiger partial charge in [-0.2, -0.15) is 11.8 Å². The van der Waals surface area contributed by atoms with Gasteiger partial charge in [-0.15, -0.1) is 0 Å². The fraction of sp³-hybridized carbons (Fsp3) is 0.571. The minimum atomic E-state index is -3.61. The van der Waals surface area contributed by atoms with Crippen molar-refractivity contribution in [2.75, 3.05) is 18.6 Å². The van der Waals surface area contributed by atoms with E-state index < -0.39 is 15.8 Å². The zero-order valence-corrected chi connectivity index (χ0v) is 14.3. The van der Waals surface area contributed by atoms with E-state index in [4.69, 9.17) is 0 Å². The van der Waals surface area contributed by atoms with Gasteiger partial charge in [0.25, 0.3) is 0 Å². The minimum Gasteiger partial charge on any atom is -0.313 e. The van der Waals surface area contributed by atoms with E-state index in [1.165, 1.54) is 18.2 Å². The summed E-state index contributed by atoms with van der Waals surface area (Å²) in [7, 11) is -3.61.